The van der Waals surface area contributed by atoms with Crippen LogP contribution in [-0.4, -0.2) is 35.3 Å². The summed E-state index contributed by atoms with van der Waals surface area (Å²) in [7, 11) is -1.48. The van der Waals surface area contributed by atoms with Gasteiger partial charge in [-0.2, -0.15) is 18.2 Å². The number of para-hydroxylation sites is 1. The Labute approximate surface area is 186 Å². The molecule has 33 heavy (non-hydrogen) atoms. The Morgan fingerprint density at radius 2 is 1.67 bits per heavy atom. The quantitative estimate of drug-likeness (QED) is 0.389. The van der Waals surface area contributed by atoms with Crippen molar-refractivity contribution < 1.29 is 36.7 Å². The van der Waals surface area contributed by atoms with Crippen molar-refractivity contribution in [2.75, 3.05) is 24.9 Å². The van der Waals surface area contributed by atoms with E-state index in [1.54, 1.807) is 0 Å². The zero-order valence-corrected chi connectivity index (χ0v) is 18.1. The number of carbonyl (C=O) groups is 1. The van der Waals surface area contributed by atoms with E-state index in [9.17, 15) is 22.5 Å². The van der Waals surface area contributed by atoms with Crippen LogP contribution in [0.3, 0.4) is 0 Å². The number of nitrogens with zero attached hydrogens (tertiary/aromatic N) is 2. The Hall–Kier alpha value is -3.47. The highest BCUT2D eigenvalue weighted by atomic mass is 31.2. The molecule has 3 rings (SSSR count). The molecule has 0 amide bonds. The summed E-state index contributed by atoms with van der Waals surface area (Å²) in [5.41, 5.74) is -0.734. The maximum atomic E-state index is 13.6. The molecule has 3 aromatic rings. The average molecular weight is 482 g/mol. The number of halogens is 3. The van der Waals surface area contributed by atoms with E-state index in [1.807, 2.05) is 0 Å². The van der Waals surface area contributed by atoms with Gasteiger partial charge in [0.2, 0.25) is 5.95 Å². The standard InChI is InChI=1S/C20H18F3N4O5P/c1-31-33(30,32-2)16-6-4-3-5-15(16)26-17-14(20(21,22)23)11-24-19(27-17)25-13-9-7-12(8-10-13)18(28)29/h3-11H,1-2H3,(H,28,29)(H2,24,25,26,27). The highest BCUT2D eigenvalue weighted by Gasteiger charge is 2.36. The van der Waals surface area contributed by atoms with E-state index in [0.29, 0.717) is 11.9 Å². The lowest BCUT2D eigenvalue weighted by atomic mass is 10.2. The molecule has 9 nitrogen and oxygen atoms in total. The third-order valence-corrected chi connectivity index (χ3v) is 6.36. The summed E-state index contributed by atoms with van der Waals surface area (Å²) in [6.45, 7) is 0. The molecule has 0 bridgehead atoms. The summed E-state index contributed by atoms with van der Waals surface area (Å²) in [5.74, 6) is -1.91. The average Bonchev–Trinajstić information content (AvgIpc) is 2.78. The minimum absolute atomic E-state index is 0.0144. The number of hydrogen-bond donors (Lipinski definition) is 3. The molecular weight excluding hydrogens is 464 g/mol. The monoisotopic (exact) mass is 482 g/mol. The number of nitrogens with one attached hydrogen (secondary N) is 2. The lowest BCUT2D eigenvalue weighted by Crippen LogP contribution is -2.17. The summed E-state index contributed by atoms with van der Waals surface area (Å²) in [6, 6.07) is 11.3. The Bertz CT molecular complexity index is 1200. The van der Waals surface area contributed by atoms with E-state index in [4.69, 9.17) is 14.2 Å². The lowest BCUT2D eigenvalue weighted by Gasteiger charge is -2.20. The van der Waals surface area contributed by atoms with Gasteiger partial charge in [0.1, 0.15) is 11.4 Å². The summed E-state index contributed by atoms with van der Waals surface area (Å²) in [5, 5.41) is 14.2. The maximum absolute atomic E-state index is 13.6. The van der Waals surface area contributed by atoms with Gasteiger partial charge in [0.15, 0.2) is 0 Å². The van der Waals surface area contributed by atoms with Crippen LogP contribution < -0.4 is 15.9 Å². The predicted molar refractivity (Wildman–Crippen MR) is 115 cm³/mol. The van der Waals surface area contributed by atoms with Gasteiger partial charge in [0.25, 0.3) is 0 Å². The number of aromatic nitrogens is 2. The normalized spacial score (nSPS) is 11.8. The van der Waals surface area contributed by atoms with Gasteiger partial charge in [0, 0.05) is 26.1 Å². The molecule has 0 saturated heterocycles. The van der Waals surface area contributed by atoms with Gasteiger partial charge >= 0.3 is 19.7 Å². The molecule has 0 unspecified atom stereocenters. The number of hydrogen-bond acceptors (Lipinski definition) is 8. The fourth-order valence-corrected chi connectivity index (χ4v) is 4.02. The van der Waals surface area contributed by atoms with Crippen LogP contribution in [0.5, 0.6) is 0 Å². The summed E-state index contributed by atoms with van der Waals surface area (Å²) < 4.78 is 63.5. The highest BCUT2D eigenvalue weighted by Crippen LogP contribution is 2.47. The maximum Gasteiger partial charge on any atom is 0.421 e. The molecular formula is C20H18F3N4O5P. The molecule has 0 aliphatic heterocycles. The van der Waals surface area contributed by atoms with Crippen molar-refractivity contribution >= 4 is 42.0 Å². The van der Waals surface area contributed by atoms with Crippen molar-refractivity contribution in [2.45, 2.75) is 6.18 Å². The number of benzene rings is 2. The van der Waals surface area contributed by atoms with Crippen molar-refractivity contribution in [3.05, 3.63) is 65.9 Å². The number of rotatable bonds is 8. The first-order valence-electron chi connectivity index (χ1n) is 9.20. The third-order valence-electron chi connectivity index (χ3n) is 4.42. The minimum Gasteiger partial charge on any atom is -0.478 e. The fourth-order valence-electron chi connectivity index (χ4n) is 2.79. The zero-order valence-electron chi connectivity index (χ0n) is 17.3. The molecule has 1 aromatic heterocycles. The molecule has 0 aliphatic carbocycles. The number of carboxylic acids is 1. The van der Waals surface area contributed by atoms with Gasteiger partial charge in [-0.1, -0.05) is 12.1 Å². The van der Waals surface area contributed by atoms with Crippen LogP contribution in [0, 0.1) is 0 Å². The van der Waals surface area contributed by atoms with Crippen LogP contribution in [-0.2, 0) is 19.8 Å². The Kier molecular flexibility index (Phi) is 7.01. The molecule has 3 N–H and O–H groups in total. The van der Waals surface area contributed by atoms with Crippen LogP contribution in [0.1, 0.15) is 15.9 Å². The van der Waals surface area contributed by atoms with Gasteiger partial charge in [-0.25, -0.2) is 9.78 Å². The SMILES string of the molecule is COP(=O)(OC)c1ccccc1Nc1nc(Nc2ccc(C(=O)O)cc2)ncc1C(F)(F)F. The van der Waals surface area contributed by atoms with Crippen molar-refractivity contribution in [2.24, 2.45) is 0 Å². The molecule has 2 aromatic carbocycles. The fraction of sp³-hybridized carbons (Fsp3) is 0.150. The van der Waals surface area contributed by atoms with E-state index in [2.05, 4.69) is 20.6 Å². The second-order valence-electron chi connectivity index (χ2n) is 6.47. The van der Waals surface area contributed by atoms with Gasteiger partial charge in [-0.15, -0.1) is 0 Å². The van der Waals surface area contributed by atoms with Gasteiger partial charge in [-0.05, 0) is 36.4 Å². The van der Waals surface area contributed by atoms with E-state index in [-0.39, 0.29) is 22.5 Å². The van der Waals surface area contributed by atoms with Crippen LogP contribution in [0.4, 0.5) is 36.3 Å². The third kappa shape index (κ3) is 5.48. The topological polar surface area (TPSA) is 123 Å². The summed E-state index contributed by atoms with van der Waals surface area (Å²) >= 11 is 0. The van der Waals surface area contributed by atoms with E-state index in [1.165, 1.54) is 48.5 Å². The van der Waals surface area contributed by atoms with Crippen LogP contribution >= 0.6 is 7.60 Å². The molecule has 0 radical (unpaired) electrons. The van der Waals surface area contributed by atoms with Gasteiger partial charge < -0.3 is 24.8 Å². The van der Waals surface area contributed by atoms with Crippen LogP contribution in [0.2, 0.25) is 0 Å². The highest BCUT2D eigenvalue weighted by molar-refractivity contribution is 7.62. The molecule has 1 heterocycles. The second-order valence-corrected chi connectivity index (χ2v) is 8.67. The largest absolute Gasteiger partial charge is 0.478 e. The number of alkyl halides is 3. The van der Waals surface area contributed by atoms with Crippen molar-refractivity contribution in [3.8, 4) is 0 Å². The number of carboxylic acid groups (broad SMARTS) is 1. The van der Waals surface area contributed by atoms with Gasteiger partial charge in [-0.3, -0.25) is 4.57 Å². The van der Waals surface area contributed by atoms with E-state index >= 15 is 0 Å². The number of anilines is 4. The Morgan fingerprint density at radius 3 is 2.24 bits per heavy atom. The zero-order chi connectivity index (χ0) is 24.2. The molecule has 0 atom stereocenters. The molecule has 0 spiro atoms. The lowest BCUT2D eigenvalue weighted by molar-refractivity contribution is -0.137. The van der Waals surface area contributed by atoms with Crippen molar-refractivity contribution in [3.63, 3.8) is 0 Å². The van der Waals surface area contributed by atoms with Gasteiger partial charge in [0.05, 0.1) is 16.6 Å². The van der Waals surface area contributed by atoms with Crippen molar-refractivity contribution in [1.29, 1.82) is 0 Å². The molecule has 13 heteroatoms. The smallest absolute Gasteiger partial charge is 0.421 e. The predicted octanol–water partition coefficient (Wildman–Crippen LogP) is 4.79. The first-order chi connectivity index (χ1) is 15.6. The second kappa shape index (κ2) is 9.57. The van der Waals surface area contributed by atoms with E-state index < -0.39 is 31.1 Å². The van der Waals surface area contributed by atoms with Crippen LogP contribution in [0.25, 0.3) is 0 Å². The molecule has 174 valence electrons. The first kappa shape index (κ1) is 24.2. The minimum atomic E-state index is -4.79. The molecule has 0 aliphatic rings. The van der Waals surface area contributed by atoms with Crippen LogP contribution in [0.15, 0.2) is 54.7 Å². The summed E-state index contributed by atoms with van der Waals surface area (Å²) in [4.78, 5) is 18.6. The molecule has 0 saturated carbocycles. The number of aromatic carboxylic acids is 1. The first-order valence-corrected chi connectivity index (χ1v) is 10.7. The summed E-state index contributed by atoms with van der Waals surface area (Å²) in [6.07, 6.45) is -4.19. The Morgan fingerprint density at radius 1 is 1.03 bits per heavy atom. The molecule has 0 fully saturated rings. The van der Waals surface area contributed by atoms with E-state index in [0.717, 1.165) is 14.2 Å². The Balaban J connectivity index is 2.01. The van der Waals surface area contributed by atoms with Crippen molar-refractivity contribution in [1.82, 2.24) is 9.97 Å².